The Kier molecular flexibility index (Phi) is 4.86. The Bertz CT molecular complexity index is 605. The third-order valence-electron chi connectivity index (χ3n) is 2.89. The van der Waals surface area contributed by atoms with Crippen molar-refractivity contribution in [3.05, 3.63) is 44.5 Å². The van der Waals surface area contributed by atoms with Gasteiger partial charge in [0.2, 0.25) is 5.76 Å². The molecule has 4 nitrogen and oxygen atoms in total. The number of methoxy groups -OCH3 is 1. The molecule has 1 atom stereocenters. The summed E-state index contributed by atoms with van der Waals surface area (Å²) in [6.07, 6.45) is 0. The van der Waals surface area contributed by atoms with Gasteiger partial charge in [-0.15, -0.1) is 11.3 Å². The zero-order valence-electron chi connectivity index (χ0n) is 11.5. The lowest BCUT2D eigenvalue weighted by Gasteiger charge is -2.14. The maximum Gasteiger partial charge on any atom is 0.373 e. The number of ether oxygens (including phenoxy) is 1. The van der Waals surface area contributed by atoms with Gasteiger partial charge in [0.15, 0.2) is 0 Å². The van der Waals surface area contributed by atoms with Gasteiger partial charge in [-0.05, 0) is 36.5 Å². The third kappa shape index (κ3) is 2.90. The second kappa shape index (κ2) is 6.43. The predicted molar refractivity (Wildman–Crippen MR) is 79.6 cm³/mol. The number of hydrogen-bond acceptors (Lipinski definition) is 5. The van der Waals surface area contributed by atoms with E-state index in [1.165, 1.54) is 7.11 Å². The minimum atomic E-state index is -0.486. The average Bonchev–Trinajstić information content (AvgIpc) is 3.05. The van der Waals surface area contributed by atoms with Gasteiger partial charge in [-0.2, -0.15) is 0 Å². The normalized spacial score (nSPS) is 12.4. The van der Waals surface area contributed by atoms with Gasteiger partial charge in [-0.3, -0.25) is 0 Å². The zero-order valence-corrected chi connectivity index (χ0v) is 13.1. The van der Waals surface area contributed by atoms with Gasteiger partial charge >= 0.3 is 5.97 Å². The van der Waals surface area contributed by atoms with Crippen LogP contribution in [0.25, 0.3) is 0 Å². The molecule has 2 rings (SSSR count). The van der Waals surface area contributed by atoms with E-state index in [4.69, 9.17) is 16.0 Å². The molecule has 0 bridgehead atoms. The minimum Gasteiger partial charge on any atom is -0.463 e. The molecular formula is C14H16ClNO3S. The summed E-state index contributed by atoms with van der Waals surface area (Å²) >= 11 is 7.89. The third-order valence-corrected chi connectivity index (χ3v) is 4.67. The molecule has 0 aliphatic carbocycles. The quantitative estimate of drug-likeness (QED) is 0.853. The van der Waals surface area contributed by atoms with Crippen molar-refractivity contribution >= 4 is 28.9 Å². The Morgan fingerprint density at radius 3 is 2.85 bits per heavy atom. The molecule has 1 N–H and O–H groups in total. The molecule has 6 heteroatoms. The minimum absolute atomic E-state index is 0.162. The first-order valence-electron chi connectivity index (χ1n) is 6.23. The Hall–Kier alpha value is -1.30. The van der Waals surface area contributed by atoms with Gasteiger partial charge in [-0.25, -0.2) is 4.79 Å². The van der Waals surface area contributed by atoms with Crippen LogP contribution in [-0.4, -0.2) is 19.6 Å². The van der Waals surface area contributed by atoms with Gasteiger partial charge in [0, 0.05) is 4.88 Å². The molecule has 2 heterocycles. The highest BCUT2D eigenvalue weighted by Gasteiger charge is 2.23. The first-order chi connectivity index (χ1) is 9.58. The van der Waals surface area contributed by atoms with Crippen LogP contribution in [-0.2, 0) is 4.74 Å². The first kappa shape index (κ1) is 15.1. The van der Waals surface area contributed by atoms with Gasteiger partial charge < -0.3 is 14.5 Å². The van der Waals surface area contributed by atoms with Gasteiger partial charge in [0.1, 0.15) is 11.8 Å². The van der Waals surface area contributed by atoms with E-state index in [2.05, 4.69) is 10.1 Å². The fourth-order valence-electron chi connectivity index (χ4n) is 1.89. The van der Waals surface area contributed by atoms with Crippen LogP contribution in [0.1, 0.15) is 39.7 Å². The van der Waals surface area contributed by atoms with E-state index in [1.807, 2.05) is 19.2 Å². The van der Waals surface area contributed by atoms with E-state index in [0.717, 1.165) is 22.0 Å². The molecule has 0 radical (unpaired) electrons. The molecule has 0 fully saturated rings. The monoisotopic (exact) mass is 313 g/mol. The standard InChI is InChI=1S/C14H16ClNO3S/c1-4-16-12(13-11(15)8(2)7-20-13)9-5-6-10(19-9)14(17)18-3/h5-7,12,16H,4H2,1-3H3. The fraction of sp³-hybridized carbons (Fsp3) is 0.357. The highest BCUT2D eigenvalue weighted by molar-refractivity contribution is 7.10. The molecule has 108 valence electrons. The number of thiophene rings is 1. The molecule has 0 saturated carbocycles. The van der Waals surface area contributed by atoms with Crippen LogP contribution in [0.2, 0.25) is 5.02 Å². The highest BCUT2D eigenvalue weighted by Crippen LogP contribution is 2.36. The highest BCUT2D eigenvalue weighted by atomic mass is 35.5. The Balaban J connectivity index is 2.36. The van der Waals surface area contributed by atoms with E-state index in [1.54, 1.807) is 23.5 Å². The molecule has 2 aromatic heterocycles. The van der Waals surface area contributed by atoms with Crippen molar-refractivity contribution in [2.45, 2.75) is 19.9 Å². The molecule has 0 saturated heterocycles. The van der Waals surface area contributed by atoms with Gasteiger partial charge in [0.25, 0.3) is 0 Å². The molecule has 0 spiro atoms. The van der Waals surface area contributed by atoms with Crippen LogP contribution in [0.3, 0.4) is 0 Å². The molecule has 1 unspecified atom stereocenters. The van der Waals surface area contributed by atoms with Crippen LogP contribution < -0.4 is 5.32 Å². The lowest BCUT2D eigenvalue weighted by molar-refractivity contribution is 0.0562. The summed E-state index contributed by atoms with van der Waals surface area (Å²) in [6, 6.07) is 3.22. The number of halogens is 1. The lowest BCUT2D eigenvalue weighted by Crippen LogP contribution is -2.21. The first-order valence-corrected chi connectivity index (χ1v) is 7.49. The number of rotatable bonds is 5. The van der Waals surface area contributed by atoms with E-state index in [-0.39, 0.29) is 11.8 Å². The van der Waals surface area contributed by atoms with Crippen LogP contribution in [0.15, 0.2) is 21.9 Å². The number of carbonyl (C=O) groups excluding carboxylic acids is 1. The summed E-state index contributed by atoms with van der Waals surface area (Å²) in [5.41, 5.74) is 1.04. The van der Waals surface area contributed by atoms with Crippen molar-refractivity contribution in [2.75, 3.05) is 13.7 Å². The number of carbonyl (C=O) groups is 1. The van der Waals surface area contributed by atoms with Crippen molar-refractivity contribution in [1.82, 2.24) is 5.32 Å². The fourth-order valence-corrected chi connectivity index (χ4v) is 3.27. The molecule has 0 amide bonds. The molecule has 0 aliphatic heterocycles. The number of aryl methyl sites for hydroxylation is 1. The molecule has 2 aromatic rings. The Morgan fingerprint density at radius 1 is 1.55 bits per heavy atom. The van der Waals surface area contributed by atoms with Gasteiger partial charge in [-0.1, -0.05) is 18.5 Å². The second-order valence-corrected chi connectivity index (χ2v) is 5.57. The van der Waals surface area contributed by atoms with Crippen molar-refractivity contribution in [2.24, 2.45) is 0 Å². The summed E-state index contributed by atoms with van der Waals surface area (Å²) in [4.78, 5) is 12.4. The molecule has 20 heavy (non-hydrogen) atoms. The number of hydrogen-bond donors (Lipinski definition) is 1. The second-order valence-electron chi connectivity index (χ2n) is 4.28. The van der Waals surface area contributed by atoms with E-state index >= 15 is 0 Å². The van der Waals surface area contributed by atoms with Crippen molar-refractivity contribution in [1.29, 1.82) is 0 Å². The number of furan rings is 1. The lowest BCUT2D eigenvalue weighted by atomic mass is 10.1. The summed E-state index contributed by atoms with van der Waals surface area (Å²) in [7, 11) is 1.33. The average molecular weight is 314 g/mol. The SMILES string of the molecule is CCNC(c1ccc(C(=O)OC)o1)c1scc(C)c1Cl. The summed E-state index contributed by atoms with van der Waals surface area (Å²) in [5, 5.41) is 6.06. The van der Waals surface area contributed by atoms with Gasteiger partial charge in [0.05, 0.1) is 12.1 Å². The largest absolute Gasteiger partial charge is 0.463 e. The Labute approximate surface area is 126 Å². The molecule has 0 aliphatic rings. The van der Waals surface area contributed by atoms with Crippen LogP contribution in [0.5, 0.6) is 0 Å². The van der Waals surface area contributed by atoms with E-state index in [9.17, 15) is 4.79 Å². The zero-order chi connectivity index (χ0) is 14.7. The van der Waals surface area contributed by atoms with E-state index in [0.29, 0.717) is 5.76 Å². The topological polar surface area (TPSA) is 51.5 Å². The maximum atomic E-state index is 11.5. The smallest absolute Gasteiger partial charge is 0.373 e. The van der Waals surface area contributed by atoms with Crippen molar-refractivity contribution < 1.29 is 13.9 Å². The van der Waals surface area contributed by atoms with Crippen LogP contribution >= 0.6 is 22.9 Å². The van der Waals surface area contributed by atoms with Crippen LogP contribution in [0, 0.1) is 6.92 Å². The summed E-state index contributed by atoms with van der Waals surface area (Å²) in [5.74, 6) is 0.353. The number of esters is 1. The number of nitrogens with one attached hydrogen (secondary N) is 1. The summed E-state index contributed by atoms with van der Waals surface area (Å²) < 4.78 is 10.2. The molecular weight excluding hydrogens is 298 g/mol. The predicted octanol–water partition coefficient (Wildman–Crippen LogP) is 3.79. The maximum absolute atomic E-state index is 11.5. The van der Waals surface area contributed by atoms with E-state index < -0.39 is 5.97 Å². The summed E-state index contributed by atoms with van der Waals surface area (Å²) in [6.45, 7) is 4.73. The van der Waals surface area contributed by atoms with Crippen LogP contribution in [0.4, 0.5) is 0 Å². The van der Waals surface area contributed by atoms with Crippen molar-refractivity contribution in [3.63, 3.8) is 0 Å². The van der Waals surface area contributed by atoms with Crippen molar-refractivity contribution in [3.8, 4) is 0 Å². The molecule has 0 aromatic carbocycles. The Morgan fingerprint density at radius 2 is 2.30 bits per heavy atom.